The topological polar surface area (TPSA) is 263 Å². The molecule has 23 nitrogen and oxygen atoms in total. The van der Waals surface area contributed by atoms with Crippen molar-refractivity contribution in [3.63, 3.8) is 0 Å². The van der Waals surface area contributed by atoms with Crippen molar-refractivity contribution in [1.29, 1.82) is 0 Å². The van der Waals surface area contributed by atoms with Gasteiger partial charge in [0.25, 0.3) is 0 Å². The molecule has 518 valence electrons. The molecule has 0 radical (unpaired) electrons. The summed E-state index contributed by atoms with van der Waals surface area (Å²) in [5.74, 6) is 2.11. The van der Waals surface area contributed by atoms with Crippen LogP contribution in [-0.4, -0.2) is 113 Å². The predicted octanol–water partition coefficient (Wildman–Crippen LogP) is 17.3. The highest BCUT2D eigenvalue weighted by Gasteiger charge is 2.32. The molecule has 1 aliphatic heterocycles. The van der Waals surface area contributed by atoms with E-state index in [4.69, 9.17) is 65.6 Å². The summed E-state index contributed by atoms with van der Waals surface area (Å²) in [5.41, 5.74) is 5.88. The second kappa shape index (κ2) is 31.1. The third kappa shape index (κ3) is 18.8. The number of halogens is 5. The number of aromatic nitrogens is 13. The van der Waals surface area contributed by atoms with E-state index in [-0.39, 0.29) is 51.4 Å². The number of nitrogens with zero attached hydrogens (tertiary/aromatic N) is 13. The van der Waals surface area contributed by atoms with Crippen LogP contribution < -0.4 is 21.3 Å². The Balaban J connectivity index is 0.000000141. The maximum Gasteiger partial charge on any atom is 0.413 e. The van der Waals surface area contributed by atoms with E-state index in [1.165, 1.54) is 31.4 Å². The van der Waals surface area contributed by atoms with Crippen molar-refractivity contribution < 1.29 is 33.0 Å². The van der Waals surface area contributed by atoms with Gasteiger partial charge in [-0.1, -0.05) is 101 Å². The number of hydrogen-bond acceptors (Lipinski definition) is 16. The molecule has 4 fully saturated rings. The minimum Gasteiger partial charge on any atom is -0.449 e. The first-order chi connectivity index (χ1) is 46.0. The zero-order valence-electron chi connectivity index (χ0n) is 56.6. The Morgan fingerprint density at radius 2 is 1.12 bits per heavy atom. The number of pyridine rings is 5. The fourth-order valence-electron chi connectivity index (χ4n) is 11.0. The molecule has 10 heterocycles. The highest BCUT2D eigenvalue weighted by atomic mass is 35.5. The highest BCUT2D eigenvalue weighted by Crippen LogP contribution is 2.41. The fourth-order valence-corrected chi connectivity index (χ4v) is 11.6. The molecule has 0 bridgehead atoms. The molecule has 28 heteroatoms. The molecule has 3 aliphatic carbocycles. The van der Waals surface area contributed by atoms with Crippen LogP contribution in [0.5, 0.6) is 0 Å². The van der Waals surface area contributed by atoms with Crippen molar-refractivity contribution in [2.45, 2.75) is 189 Å². The van der Waals surface area contributed by atoms with E-state index < -0.39 is 11.9 Å². The Morgan fingerprint density at radius 1 is 0.608 bits per heavy atom. The van der Waals surface area contributed by atoms with Crippen LogP contribution in [0, 0.1) is 22.6 Å². The molecule has 0 spiro atoms. The number of rotatable bonds is 18. The quantitative estimate of drug-likeness (QED) is 0.0582. The van der Waals surface area contributed by atoms with Crippen LogP contribution in [0.1, 0.15) is 177 Å². The first kappa shape index (κ1) is 72.1. The second-order valence-electron chi connectivity index (χ2n) is 28.2. The van der Waals surface area contributed by atoms with Gasteiger partial charge in [0, 0.05) is 61.1 Å². The lowest BCUT2D eigenvalue weighted by Crippen LogP contribution is -2.32. The lowest BCUT2D eigenvalue weighted by atomic mass is 9.90. The molecule has 9 aromatic heterocycles. The molecule has 1 atom stereocenters. The monoisotopic (exact) mass is 1410 g/mol. The van der Waals surface area contributed by atoms with E-state index in [1.54, 1.807) is 41.2 Å². The van der Waals surface area contributed by atoms with Crippen LogP contribution in [-0.2, 0) is 23.8 Å². The van der Waals surface area contributed by atoms with Crippen LogP contribution in [0.3, 0.4) is 0 Å². The summed E-state index contributed by atoms with van der Waals surface area (Å²) in [6, 6.07) is 14.3. The van der Waals surface area contributed by atoms with Gasteiger partial charge in [-0.15, -0.1) is 0 Å². The number of anilines is 4. The van der Waals surface area contributed by atoms with E-state index in [0.717, 1.165) is 110 Å². The van der Waals surface area contributed by atoms with Crippen molar-refractivity contribution in [3.8, 4) is 5.82 Å². The zero-order valence-corrected chi connectivity index (χ0v) is 59.6. The minimum atomic E-state index is -0.490. The molecule has 9 aromatic rings. The normalized spacial score (nSPS) is 15.9. The summed E-state index contributed by atoms with van der Waals surface area (Å²) in [7, 11) is 0. The Morgan fingerprint density at radius 3 is 1.63 bits per heavy atom. The molecule has 0 aromatic carbocycles. The van der Waals surface area contributed by atoms with Gasteiger partial charge in [0.15, 0.2) is 22.6 Å². The van der Waals surface area contributed by atoms with E-state index in [0.29, 0.717) is 93.9 Å². The van der Waals surface area contributed by atoms with Gasteiger partial charge in [0.1, 0.15) is 44.0 Å². The standard InChI is InChI=1S/C20H29ClN4O.C17H17ClFN5O.C17H21ClN4O2.C15H19ClN4O2/c1-13(20(5,6)12-26-19(2,3)4)23-18-24-16-10-14(21)11-22-17(16)25(18)15-8-7-9-15;1-17(2,3)8-14(25)23-16-21-11-5-6-12(18)22-15(11)24(16)13-7-4-10(19)9-20-13;18-11-9-14-16(19-10-11)22(12-3-1-4-12)17(20-14)21-15(23)7-6-13-5-2-8-24-13;1-9(2)8-22-15(21)19-14-17-11-6-7-12(16)18-13(11)20(14)10-4-3-5-10/h10-11,15H,1,7-9,12H2,2-6H3,(H,23,24);4-7,9H,8H2,1-3H3,(H,21,23,25);9-10,12-13H,1-8H2,(H,20,21,23);6-7,9-10H,3-5,8H2,1-2H3,(H,17,19,21). The summed E-state index contributed by atoms with van der Waals surface area (Å²) >= 11 is 24.1. The van der Waals surface area contributed by atoms with Gasteiger partial charge in [0.05, 0.1) is 41.2 Å². The van der Waals surface area contributed by atoms with E-state index in [1.807, 2.05) is 51.3 Å². The SMILES string of the molecule is C=C(Nc1nc2cc(Cl)cnc2n1C1CCC1)C(C)(C)COC(C)(C)C.CC(C)(C)CC(=O)Nc1nc2ccc(Cl)nc2n1-c1ccc(F)cn1.CC(C)COC(=O)Nc1nc2ccc(Cl)nc2n1C1CCC1.O=C(CCC1CCCO1)Nc1nc2cc(Cl)cnc2n1C1CCC1. The number of fused-ring (bicyclic) bond motifs is 4. The molecule has 13 rings (SSSR count). The van der Waals surface area contributed by atoms with Crippen LogP contribution in [0.2, 0.25) is 20.4 Å². The zero-order chi connectivity index (χ0) is 69.5. The number of ether oxygens (including phenoxy) is 3. The number of carbonyl (C=O) groups excluding carboxylic acids is 3. The van der Waals surface area contributed by atoms with Gasteiger partial charge >= 0.3 is 6.09 Å². The Kier molecular flexibility index (Phi) is 23.1. The lowest BCUT2D eigenvalue weighted by Gasteiger charge is -2.33. The summed E-state index contributed by atoms with van der Waals surface area (Å²) in [4.78, 5) is 76.3. The average molecular weight is 1410 g/mol. The van der Waals surface area contributed by atoms with E-state index in [2.05, 4.69) is 111 Å². The maximum atomic E-state index is 13.2. The number of amides is 3. The second-order valence-corrected chi connectivity index (χ2v) is 29.9. The number of imidazole rings is 4. The smallest absolute Gasteiger partial charge is 0.413 e. The van der Waals surface area contributed by atoms with E-state index >= 15 is 0 Å². The first-order valence-corrected chi connectivity index (χ1v) is 34.6. The summed E-state index contributed by atoms with van der Waals surface area (Å²) in [5, 5.41) is 13.8. The first-order valence-electron chi connectivity index (χ1n) is 33.1. The van der Waals surface area contributed by atoms with Crippen molar-refractivity contribution in [2.75, 3.05) is 41.1 Å². The van der Waals surface area contributed by atoms with Crippen LogP contribution in [0.25, 0.3) is 50.5 Å². The van der Waals surface area contributed by atoms with Crippen molar-refractivity contribution in [2.24, 2.45) is 16.7 Å². The molecular formula is C69H86Cl4FN17O6. The largest absolute Gasteiger partial charge is 0.449 e. The maximum absolute atomic E-state index is 13.2. The van der Waals surface area contributed by atoms with Gasteiger partial charge in [-0.2, -0.15) is 0 Å². The third-order valence-corrected chi connectivity index (χ3v) is 17.7. The fraction of sp³-hybridized carbons (Fsp3) is 0.507. The molecule has 3 amide bonds. The summed E-state index contributed by atoms with van der Waals surface area (Å²) in [6.07, 6.45) is 18.0. The Labute approximate surface area is 583 Å². The lowest BCUT2D eigenvalue weighted by molar-refractivity contribution is -0.118. The van der Waals surface area contributed by atoms with Crippen molar-refractivity contribution in [1.82, 2.24) is 63.1 Å². The number of nitrogens with one attached hydrogen (secondary N) is 4. The number of hydrogen-bond donors (Lipinski definition) is 4. The van der Waals surface area contributed by atoms with Gasteiger partial charge in [-0.3, -0.25) is 39.2 Å². The predicted molar refractivity (Wildman–Crippen MR) is 380 cm³/mol. The van der Waals surface area contributed by atoms with Crippen molar-refractivity contribution in [3.05, 3.63) is 106 Å². The van der Waals surface area contributed by atoms with Crippen LogP contribution in [0.15, 0.2) is 79.4 Å². The molecular weight excluding hydrogens is 1320 g/mol. The Hall–Kier alpha value is -7.61. The number of carbonyl (C=O) groups is 3. The molecule has 3 saturated carbocycles. The minimum absolute atomic E-state index is 0.0209. The molecule has 4 aliphatic rings. The van der Waals surface area contributed by atoms with Crippen LogP contribution >= 0.6 is 46.4 Å². The van der Waals surface area contributed by atoms with Gasteiger partial charge in [-0.05, 0) is 158 Å². The van der Waals surface area contributed by atoms with Crippen LogP contribution in [0.4, 0.5) is 33.0 Å². The molecule has 97 heavy (non-hydrogen) atoms. The molecule has 1 saturated heterocycles. The molecule has 4 N–H and O–H groups in total. The summed E-state index contributed by atoms with van der Waals surface area (Å²) in [6.45, 7) is 26.4. The highest BCUT2D eigenvalue weighted by molar-refractivity contribution is 6.31. The van der Waals surface area contributed by atoms with E-state index in [9.17, 15) is 18.8 Å². The Bertz CT molecular complexity index is 4270. The van der Waals surface area contributed by atoms with Gasteiger partial charge in [-0.25, -0.2) is 58.6 Å². The van der Waals surface area contributed by atoms with Gasteiger partial charge in [0.2, 0.25) is 35.6 Å². The van der Waals surface area contributed by atoms with Gasteiger partial charge < -0.3 is 19.5 Å². The molecule has 1 unspecified atom stereocenters. The average Bonchev–Trinajstić information content (AvgIpc) is 1.66. The van der Waals surface area contributed by atoms with Crippen molar-refractivity contribution >= 4 is 133 Å². The third-order valence-electron chi connectivity index (χ3n) is 16.8. The summed E-state index contributed by atoms with van der Waals surface area (Å²) < 4.78 is 37.7.